The molecule has 33 heavy (non-hydrogen) atoms. The second-order valence-electron chi connectivity index (χ2n) is 8.57. The molecule has 2 N–H and O–H groups in total. The minimum atomic E-state index is 0. The second-order valence-corrected chi connectivity index (χ2v) is 8.57. The van der Waals surface area contributed by atoms with Crippen LogP contribution in [0.5, 0.6) is 5.75 Å². The number of ether oxygens (including phenoxy) is 1. The number of methoxy groups -OCH3 is 1. The van der Waals surface area contributed by atoms with Gasteiger partial charge >= 0.3 is 0 Å². The quantitative estimate of drug-likeness (QED) is 0.556. The van der Waals surface area contributed by atoms with Gasteiger partial charge in [0.25, 0.3) is 0 Å². The number of aromatic nitrogens is 2. The van der Waals surface area contributed by atoms with Crippen LogP contribution in [0, 0.1) is 0 Å². The number of carbonyl (C=O) groups is 1. The molecule has 7 nitrogen and oxygen atoms in total. The van der Waals surface area contributed by atoms with Crippen LogP contribution in [0.3, 0.4) is 0 Å². The van der Waals surface area contributed by atoms with Crippen LogP contribution in [0.1, 0.15) is 38.7 Å². The number of nitrogens with one attached hydrogen (secondary N) is 2. The third-order valence-electron chi connectivity index (χ3n) is 5.93. The van der Waals surface area contributed by atoms with E-state index in [2.05, 4.69) is 10.6 Å². The number of fused-ring (bicyclic) bond motifs is 1. The molecule has 4 rings (SSSR count). The molecule has 2 aromatic carbocycles. The lowest BCUT2D eigenvalue weighted by Gasteiger charge is -2.30. The maximum atomic E-state index is 12.5. The first-order valence-corrected chi connectivity index (χ1v) is 11.1. The predicted molar refractivity (Wildman–Crippen MR) is 135 cm³/mol. The number of benzene rings is 2. The van der Waals surface area contributed by atoms with Crippen molar-refractivity contribution in [2.24, 2.45) is 0 Å². The second kappa shape index (κ2) is 11.0. The maximum absolute atomic E-state index is 12.5. The number of hydrogen-bond donors (Lipinski definition) is 2. The lowest BCUT2D eigenvalue weighted by atomic mass is 9.91. The largest absolute Gasteiger partial charge is 0.497 e. The van der Waals surface area contributed by atoms with E-state index >= 15 is 0 Å². The summed E-state index contributed by atoms with van der Waals surface area (Å²) in [4.78, 5) is 24.0. The minimum Gasteiger partial charge on any atom is -0.497 e. The molecule has 0 radical (unpaired) electrons. The van der Waals surface area contributed by atoms with E-state index in [0.29, 0.717) is 18.4 Å². The van der Waals surface area contributed by atoms with Gasteiger partial charge in [0.05, 0.1) is 19.0 Å². The number of rotatable bonds is 7. The highest BCUT2D eigenvalue weighted by Crippen LogP contribution is 2.26. The lowest BCUT2D eigenvalue weighted by Crippen LogP contribution is -2.40. The van der Waals surface area contributed by atoms with Crippen LogP contribution < -0.4 is 20.3 Å². The molecule has 0 atom stereocenters. The summed E-state index contributed by atoms with van der Waals surface area (Å²) in [7, 11) is 5.63. The third-order valence-corrected chi connectivity index (χ3v) is 5.93. The van der Waals surface area contributed by atoms with Crippen molar-refractivity contribution in [2.75, 3.05) is 31.4 Å². The van der Waals surface area contributed by atoms with Crippen molar-refractivity contribution in [3.63, 3.8) is 0 Å². The van der Waals surface area contributed by atoms with Crippen molar-refractivity contribution in [1.29, 1.82) is 0 Å². The van der Waals surface area contributed by atoms with E-state index in [9.17, 15) is 4.79 Å². The molecule has 0 aliphatic heterocycles. The Morgan fingerprint density at radius 2 is 1.76 bits per heavy atom. The predicted octanol–water partition coefficient (Wildman–Crippen LogP) is 4.42. The molecule has 0 unspecified atom stereocenters. The summed E-state index contributed by atoms with van der Waals surface area (Å²) < 4.78 is 5.24. The van der Waals surface area contributed by atoms with Crippen molar-refractivity contribution < 1.29 is 9.53 Å². The fourth-order valence-corrected chi connectivity index (χ4v) is 4.28. The molecule has 3 aromatic rings. The van der Waals surface area contributed by atoms with Crippen molar-refractivity contribution in [3.8, 4) is 5.75 Å². The fraction of sp³-hybridized carbons (Fsp3) is 0.423. The van der Waals surface area contributed by atoms with Crippen molar-refractivity contribution >= 4 is 28.6 Å². The van der Waals surface area contributed by atoms with Crippen LogP contribution in [0.4, 0.5) is 11.8 Å². The lowest BCUT2D eigenvalue weighted by molar-refractivity contribution is -0.121. The van der Waals surface area contributed by atoms with Gasteiger partial charge in [-0.05, 0) is 55.5 Å². The van der Waals surface area contributed by atoms with Crippen LogP contribution in [-0.2, 0) is 11.2 Å². The van der Waals surface area contributed by atoms with Crippen LogP contribution in [-0.4, -0.2) is 49.2 Å². The van der Waals surface area contributed by atoms with E-state index in [1.807, 2.05) is 67.5 Å². The van der Waals surface area contributed by atoms with Gasteiger partial charge in [-0.15, -0.1) is 0 Å². The molecule has 0 spiro atoms. The highest BCUT2D eigenvalue weighted by atomic mass is 16.5. The maximum Gasteiger partial charge on any atom is 0.225 e. The fourth-order valence-electron chi connectivity index (χ4n) is 4.28. The van der Waals surface area contributed by atoms with Gasteiger partial charge in [0, 0.05) is 31.6 Å². The Morgan fingerprint density at radius 1 is 1.03 bits per heavy atom. The molecule has 1 aliphatic carbocycles. The summed E-state index contributed by atoms with van der Waals surface area (Å²) in [5.41, 5.74) is 1.90. The van der Waals surface area contributed by atoms with E-state index in [0.717, 1.165) is 53.7 Å². The molecule has 176 valence electrons. The summed E-state index contributed by atoms with van der Waals surface area (Å²) in [5.74, 6) is 2.41. The first-order valence-electron chi connectivity index (χ1n) is 11.1. The third kappa shape index (κ3) is 6.12. The average Bonchev–Trinajstić information content (AvgIpc) is 2.80. The first-order chi connectivity index (χ1) is 15.5. The first kappa shape index (κ1) is 24.3. The van der Waals surface area contributed by atoms with E-state index in [1.165, 1.54) is 0 Å². The van der Waals surface area contributed by atoms with Crippen molar-refractivity contribution in [2.45, 2.75) is 51.6 Å². The van der Waals surface area contributed by atoms with Gasteiger partial charge in [0.1, 0.15) is 11.6 Å². The Bertz CT molecular complexity index is 1080. The molecular weight excluding hydrogens is 414 g/mol. The molecule has 1 amide bonds. The highest BCUT2D eigenvalue weighted by molar-refractivity contribution is 5.90. The topological polar surface area (TPSA) is 79.4 Å². The standard InChI is InChI=1S/C25H31N5O2.CH4/c1-30(2)24-21-9-4-5-10-22(21)28-25(29-24)27-19-13-11-18(12-14-19)26-23(31)16-17-7-6-8-20(15-17)32-3;/h4-10,15,18-19H,11-14,16H2,1-3H3,(H,26,31)(H,27,28,29);1H4. The molecule has 1 saturated carbocycles. The smallest absolute Gasteiger partial charge is 0.225 e. The molecule has 0 bridgehead atoms. The molecule has 0 saturated heterocycles. The Hall–Kier alpha value is -3.35. The molecular formula is C26H35N5O2. The van der Waals surface area contributed by atoms with E-state index in [1.54, 1.807) is 7.11 Å². The van der Waals surface area contributed by atoms with E-state index in [-0.39, 0.29) is 19.4 Å². The summed E-state index contributed by atoms with van der Waals surface area (Å²) in [6.07, 6.45) is 4.19. The number of amides is 1. The van der Waals surface area contributed by atoms with Gasteiger partial charge in [0.15, 0.2) is 0 Å². The average molecular weight is 450 g/mol. The van der Waals surface area contributed by atoms with Crippen LogP contribution in [0.25, 0.3) is 10.9 Å². The number of carbonyl (C=O) groups excluding carboxylic acids is 1. The van der Waals surface area contributed by atoms with Crippen LogP contribution in [0.2, 0.25) is 0 Å². The van der Waals surface area contributed by atoms with E-state index < -0.39 is 0 Å². The Morgan fingerprint density at radius 3 is 2.48 bits per heavy atom. The van der Waals surface area contributed by atoms with Gasteiger partial charge in [-0.2, -0.15) is 4.98 Å². The van der Waals surface area contributed by atoms with Gasteiger partial charge in [-0.3, -0.25) is 4.79 Å². The molecule has 7 heteroatoms. The summed E-state index contributed by atoms with van der Waals surface area (Å²) in [6, 6.07) is 16.2. The minimum absolute atomic E-state index is 0. The number of anilines is 2. The molecule has 1 aromatic heterocycles. The summed E-state index contributed by atoms with van der Waals surface area (Å²) in [6.45, 7) is 0. The number of para-hydroxylation sites is 1. The number of nitrogens with zero attached hydrogens (tertiary/aromatic N) is 3. The Balaban J connectivity index is 0.00000306. The van der Waals surface area contributed by atoms with Gasteiger partial charge in [-0.25, -0.2) is 4.98 Å². The zero-order chi connectivity index (χ0) is 22.5. The Kier molecular flexibility index (Phi) is 8.09. The summed E-state index contributed by atoms with van der Waals surface area (Å²) in [5, 5.41) is 7.76. The van der Waals surface area contributed by atoms with Crippen LogP contribution >= 0.6 is 0 Å². The zero-order valence-corrected chi connectivity index (χ0v) is 19.0. The normalized spacial score (nSPS) is 17.7. The zero-order valence-electron chi connectivity index (χ0n) is 19.0. The Labute approximate surface area is 196 Å². The van der Waals surface area contributed by atoms with Crippen molar-refractivity contribution in [3.05, 3.63) is 54.1 Å². The van der Waals surface area contributed by atoms with Gasteiger partial charge < -0.3 is 20.3 Å². The number of hydrogen-bond acceptors (Lipinski definition) is 6. The van der Waals surface area contributed by atoms with Gasteiger partial charge in [0.2, 0.25) is 11.9 Å². The van der Waals surface area contributed by atoms with Crippen LogP contribution in [0.15, 0.2) is 48.5 Å². The van der Waals surface area contributed by atoms with Crippen molar-refractivity contribution in [1.82, 2.24) is 15.3 Å². The summed E-state index contributed by atoms with van der Waals surface area (Å²) >= 11 is 0. The van der Waals surface area contributed by atoms with Gasteiger partial charge in [-0.1, -0.05) is 31.7 Å². The monoisotopic (exact) mass is 449 g/mol. The molecule has 1 aliphatic rings. The molecule has 1 fully saturated rings. The highest BCUT2D eigenvalue weighted by Gasteiger charge is 2.23. The van der Waals surface area contributed by atoms with E-state index in [4.69, 9.17) is 14.7 Å². The molecule has 1 heterocycles. The SMILES string of the molecule is C.COc1cccc(CC(=O)NC2CCC(Nc3nc(N(C)C)c4ccccc4n3)CC2)c1.